The van der Waals surface area contributed by atoms with Gasteiger partial charge in [0.15, 0.2) is 0 Å². The van der Waals surface area contributed by atoms with Crippen molar-refractivity contribution in [2.24, 2.45) is 17.8 Å². The number of carbonyl (C=O) groups is 1. The molecule has 1 fully saturated rings. The number of aliphatic hydroxyl groups is 1. The quantitative estimate of drug-likeness (QED) is 0.677. The molecule has 1 N–H and O–H groups in total. The Bertz CT molecular complexity index is 208. The molecule has 2 heteroatoms. The molecule has 0 saturated heterocycles. The smallest absolute Gasteiger partial charge is 0.133 e. The van der Waals surface area contributed by atoms with Crippen molar-refractivity contribution in [3.8, 4) is 0 Å². The van der Waals surface area contributed by atoms with Crippen LogP contribution in [0.25, 0.3) is 0 Å². The zero-order chi connectivity index (χ0) is 10.2. The Morgan fingerprint density at radius 2 is 2.00 bits per heavy atom. The molecular weight excluding hydrogens is 164 g/mol. The summed E-state index contributed by atoms with van der Waals surface area (Å²) in [5.41, 5.74) is -0.650. The Balaban J connectivity index is 2.85. The molecule has 4 unspecified atom stereocenters. The second-order valence-corrected chi connectivity index (χ2v) is 4.80. The molecule has 0 aliphatic heterocycles. The van der Waals surface area contributed by atoms with E-state index < -0.39 is 5.60 Å². The monoisotopic (exact) mass is 184 g/mol. The predicted octanol–water partition coefficient (Wildman–Crippen LogP) is 2.01. The summed E-state index contributed by atoms with van der Waals surface area (Å²) >= 11 is 0. The van der Waals surface area contributed by atoms with Crippen LogP contribution in [-0.4, -0.2) is 16.5 Å². The molecule has 0 aromatic rings. The van der Waals surface area contributed by atoms with Crippen LogP contribution in [0.2, 0.25) is 0 Å². The van der Waals surface area contributed by atoms with E-state index in [1.165, 1.54) is 0 Å². The van der Waals surface area contributed by atoms with Gasteiger partial charge in [-0.2, -0.15) is 0 Å². The topological polar surface area (TPSA) is 37.3 Å². The fourth-order valence-electron chi connectivity index (χ4n) is 2.56. The number of carbonyl (C=O) groups excluding carboxylic acids is 1. The molecule has 0 aromatic carbocycles. The molecule has 76 valence electrons. The van der Waals surface area contributed by atoms with Crippen molar-refractivity contribution < 1.29 is 9.90 Å². The van der Waals surface area contributed by atoms with Crippen molar-refractivity contribution in [3.63, 3.8) is 0 Å². The predicted molar refractivity (Wildman–Crippen MR) is 52.4 cm³/mol. The molecule has 0 spiro atoms. The Morgan fingerprint density at radius 3 is 2.38 bits per heavy atom. The van der Waals surface area contributed by atoms with Crippen LogP contribution in [-0.2, 0) is 4.79 Å². The lowest BCUT2D eigenvalue weighted by molar-refractivity contribution is -0.134. The Labute approximate surface area is 80.3 Å². The van der Waals surface area contributed by atoms with Crippen LogP contribution in [0.4, 0.5) is 0 Å². The fourth-order valence-corrected chi connectivity index (χ4v) is 2.56. The molecule has 1 aliphatic rings. The largest absolute Gasteiger partial charge is 0.390 e. The second kappa shape index (κ2) is 3.41. The first kappa shape index (κ1) is 10.7. The van der Waals surface area contributed by atoms with E-state index in [1.807, 2.05) is 13.8 Å². The summed E-state index contributed by atoms with van der Waals surface area (Å²) < 4.78 is 0. The standard InChI is InChI=1S/C11H20O2/c1-7-5-6-11(4,13)8(2)10(7)9(3)12/h7-8,10,13H,5-6H2,1-4H3. The first-order valence-electron chi connectivity index (χ1n) is 5.09. The van der Waals surface area contributed by atoms with Crippen molar-refractivity contribution in [1.82, 2.24) is 0 Å². The van der Waals surface area contributed by atoms with Crippen molar-refractivity contribution >= 4 is 5.78 Å². The SMILES string of the molecule is CC(=O)C1C(C)CCC(C)(O)C1C. The number of rotatable bonds is 1. The van der Waals surface area contributed by atoms with Crippen molar-refractivity contribution in [2.75, 3.05) is 0 Å². The molecule has 1 aliphatic carbocycles. The molecule has 0 amide bonds. The third-order valence-corrected chi connectivity index (χ3v) is 3.71. The highest BCUT2D eigenvalue weighted by molar-refractivity contribution is 5.79. The van der Waals surface area contributed by atoms with E-state index >= 15 is 0 Å². The summed E-state index contributed by atoms with van der Waals surface area (Å²) in [5.74, 6) is 0.783. The van der Waals surface area contributed by atoms with Gasteiger partial charge in [0.1, 0.15) is 5.78 Å². The van der Waals surface area contributed by atoms with Gasteiger partial charge in [0, 0.05) is 5.92 Å². The number of Topliss-reactive ketones (excluding diaryl/α,β-unsaturated/α-hetero) is 1. The van der Waals surface area contributed by atoms with Crippen LogP contribution in [0.3, 0.4) is 0 Å². The molecular formula is C11H20O2. The van der Waals surface area contributed by atoms with Gasteiger partial charge in [-0.15, -0.1) is 0 Å². The van der Waals surface area contributed by atoms with E-state index in [2.05, 4.69) is 6.92 Å². The summed E-state index contributed by atoms with van der Waals surface area (Å²) in [6.45, 7) is 7.58. The Hall–Kier alpha value is -0.370. The Kier molecular flexibility index (Phi) is 2.81. The number of ketones is 1. The van der Waals surface area contributed by atoms with Gasteiger partial charge in [0.25, 0.3) is 0 Å². The summed E-state index contributed by atoms with van der Waals surface area (Å²) in [6.07, 6.45) is 1.78. The third kappa shape index (κ3) is 1.93. The normalized spacial score (nSPS) is 46.1. The fraction of sp³-hybridized carbons (Fsp3) is 0.909. The van der Waals surface area contributed by atoms with Crippen LogP contribution < -0.4 is 0 Å². The molecule has 1 saturated carbocycles. The zero-order valence-corrected chi connectivity index (χ0v) is 9.00. The molecule has 2 nitrogen and oxygen atoms in total. The van der Waals surface area contributed by atoms with E-state index in [9.17, 15) is 9.90 Å². The van der Waals surface area contributed by atoms with Crippen molar-refractivity contribution in [2.45, 2.75) is 46.1 Å². The van der Waals surface area contributed by atoms with E-state index in [1.54, 1.807) is 6.92 Å². The summed E-state index contributed by atoms with van der Waals surface area (Å²) in [5, 5.41) is 10.0. The van der Waals surface area contributed by atoms with Gasteiger partial charge in [0.05, 0.1) is 5.60 Å². The van der Waals surface area contributed by atoms with Crippen LogP contribution in [0.15, 0.2) is 0 Å². The second-order valence-electron chi connectivity index (χ2n) is 4.80. The van der Waals surface area contributed by atoms with Crippen LogP contribution >= 0.6 is 0 Å². The van der Waals surface area contributed by atoms with Gasteiger partial charge in [-0.1, -0.05) is 13.8 Å². The zero-order valence-electron chi connectivity index (χ0n) is 9.00. The Morgan fingerprint density at radius 1 is 1.46 bits per heavy atom. The lowest BCUT2D eigenvalue weighted by Crippen LogP contribution is -2.46. The first-order chi connectivity index (χ1) is 5.86. The van der Waals surface area contributed by atoms with E-state index in [0.717, 1.165) is 12.8 Å². The molecule has 0 heterocycles. The average Bonchev–Trinajstić information content (AvgIpc) is 1.98. The first-order valence-corrected chi connectivity index (χ1v) is 5.09. The third-order valence-electron chi connectivity index (χ3n) is 3.71. The van der Waals surface area contributed by atoms with Crippen LogP contribution in [0, 0.1) is 17.8 Å². The minimum Gasteiger partial charge on any atom is -0.390 e. The molecule has 0 radical (unpaired) electrons. The highest BCUT2D eigenvalue weighted by Crippen LogP contribution is 2.41. The van der Waals surface area contributed by atoms with Gasteiger partial charge in [-0.3, -0.25) is 4.79 Å². The van der Waals surface area contributed by atoms with E-state index in [-0.39, 0.29) is 17.6 Å². The van der Waals surface area contributed by atoms with Gasteiger partial charge in [-0.05, 0) is 38.5 Å². The van der Waals surface area contributed by atoms with E-state index in [4.69, 9.17) is 0 Å². The molecule has 0 aromatic heterocycles. The molecule has 4 atom stereocenters. The van der Waals surface area contributed by atoms with Crippen LogP contribution in [0.1, 0.15) is 40.5 Å². The highest BCUT2D eigenvalue weighted by Gasteiger charge is 2.43. The van der Waals surface area contributed by atoms with Gasteiger partial charge in [0.2, 0.25) is 0 Å². The summed E-state index contributed by atoms with van der Waals surface area (Å²) in [7, 11) is 0. The maximum Gasteiger partial charge on any atom is 0.133 e. The summed E-state index contributed by atoms with van der Waals surface area (Å²) in [4.78, 5) is 11.4. The number of hydrogen-bond acceptors (Lipinski definition) is 2. The van der Waals surface area contributed by atoms with Crippen molar-refractivity contribution in [1.29, 1.82) is 0 Å². The molecule has 0 bridgehead atoms. The average molecular weight is 184 g/mol. The number of hydrogen-bond donors (Lipinski definition) is 1. The maximum atomic E-state index is 11.4. The van der Waals surface area contributed by atoms with Gasteiger partial charge >= 0.3 is 0 Å². The highest BCUT2D eigenvalue weighted by atomic mass is 16.3. The lowest BCUT2D eigenvalue weighted by Gasteiger charge is -2.43. The molecule has 1 rings (SSSR count). The van der Waals surface area contributed by atoms with Gasteiger partial charge < -0.3 is 5.11 Å². The van der Waals surface area contributed by atoms with E-state index in [0.29, 0.717) is 5.92 Å². The minimum atomic E-state index is -0.650. The molecule has 13 heavy (non-hydrogen) atoms. The van der Waals surface area contributed by atoms with Crippen LogP contribution in [0.5, 0.6) is 0 Å². The summed E-state index contributed by atoms with van der Waals surface area (Å²) in [6, 6.07) is 0. The lowest BCUT2D eigenvalue weighted by atomic mass is 9.65. The maximum absolute atomic E-state index is 11.4. The van der Waals surface area contributed by atoms with Gasteiger partial charge in [-0.25, -0.2) is 0 Å². The minimum absolute atomic E-state index is 0.0451. The van der Waals surface area contributed by atoms with Crippen molar-refractivity contribution in [3.05, 3.63) is 0 Å².